The van der Waals surface area contributed by atoms with Gasteiger partial charge in [-0.05, 0) is 35.9 Å². The van der Waals surface area contributed by atoms with Crippen molar-refractivity contribution in [1.82, 2.24) is 9.80 Å². The van der Waals surface area contributed by atoms with Crippen molar-refractivity contribution in [2.75, 3.05) is 31.5 Å². The summed E-state index contributed by atoms with van der Waals surface area (Å²) in [6.45, 7) is 3.84. The first kappa shape index (κ1) is 20.5. The van der Waals surface area contributed by atoms with E-state index < -0.39 is 5.25 Å². The molecule has 5 nitrogen and oxygen atoms in total. The van der Waals surface area contributed by atoms with Gasteiger partial charge in [-0.2, -0.15) is 0 Å². The summed E-state index contributed by atoms with van der Waals surface area (Å²) in [5, 5.41) is 3.77. The highest BCUT2D eigenvalue weighted by Gasteiger charge is 2.31. The molecule has 2 amide bonds. The number of amides is 2. The lowest BCUT2D eigenvalue weighted by Gasteiger charge is -2.35. The van der Waals surface area contributed by atoms with Crippen molar-refractivity contribution >= 4 is 52.5 Å². The predicted octanol–water partition coefficient (Wildman–Crippen LogP) is 4.14. The molecule has 1 atom stereocenters. The molecule has 0 saturated carbocycles. The number of benzene rings is 2. The van der Waals surface area contributed by atoms with E-state index in [1.165, 1.54) is 17.3 Å². The molecule has 4 rings (SSSR count). The van der Waals surface area contributed by atoms with Crippen LogP contribution in [-0.2, 0) is 16.1 Å². The van der Waals surface area contributed by atoms with Crippen LogP contribution in [0.25, 0.3) is 0 Å². The Morgan fingerprint density at radius 2 is 1.72 bits per heavy atom. The Morgan fingerprint density at radius 3 is 2.45 bits per heavy atom. The number of hydrogen-bond acceptors (Lipinski definition) is 4. The van der Waals surface area contributed by atoms with Gasteiger partial charge < -0.3 is 10.2 Å². The lowest BCUT2D eigenvalue weighted by Crippen LogP contribution is -2.49. The van der Waals surface area contributed by atoms with Crippen molar-refractivity contribution in [3.8, 4) is 0 Å². The number of rotatable bonds is 4. The summed E-state index contributed by atoms with van der Waals surface area (Å²) >= 11 is 13.4. The summed E-state index contributed by atoms with van der Waals surface area (Å²) in [4.78, 5) is 30.3. The smallest absolute Gasteiger partial charge is 0.238 e. The predicted molar refractivity (Wildman–Crippen MR) is 118 cm³/mol. The van der Waals surface area contributed by atoms with E-state index in [1.54, 1.807) is 12.1 Å². The second-order valence-corrected chi connectivity index (χ2v) is 9.34. The highest BCUT2D eigenvalue weighted by Crippen LogP contribution is 2.38. The molecule has 1 saturated heterocycles. The molecule has 1 fully saturated rings. The van der Waals surface area contributed by atoms with Crippen LogP contribution in [0, 0.1) is 0 Å². The summed E-state index contributed by atoms with van der Waals surface area (Å²) in [5.74, 6) is -0.110. The first-order chi connectivity index (χ1) is 14.0. The van der Waals surface area contributed by atoms with Crippen molar-refractivity contribution in [1.29, 1.82) is 0 Å². The summed E-state index contributed by atoms with van der Waals surface area (Å²) in [6.07, 6.45) is 0.204. The van der Waals surface area contributed by atoms with Crippen molar-refractivity contribution in [3.63, 3.8) is 0 Å². The largest absolute Gasteiger partial charge is 0.340 e. The minimum absolute atomic E-state index is 0.0289. The number of hydrogen-bond donors (Lipinski definition) is 1. The molecule has 0 bridgehead atoms. The maximum Gasteiger partial charge on any atom is 0.238 e. The third-order valence-corrected chi connectivity index (χ3v) is 6.93. The number of nitrogens with one attached hydrogen (secondary N) is 1. The Balaban J connectivity index is 1.29. The zero-order chi connectivity index (χ0) is 20.4. The first-order valence-electron chi connectivity index (χ1n) is 9.49. The van der Waals surface area contributed by atoms with Gasteiger partial charge in [0, 0.05) is 54.1 Å². The average Bonchev–Trinajstić information content (AvgIpc) is 2.71. The standard InChI is InChI=1S/C21H21Cl2N3O2S/c22-15-3-1-14(2-4-15)13-25-7-9-26(10-8-25)20(27)12-19-21(28)24-17-11-16(23)5-6-18(17)29-19/h1-6,11,19H,7-10,12-13H2,(H,24,28). The average molecular weight is 450 g/mol. The fraction of sp³-hybridized carbons (Fsp3) is 0.333. The quantitative estimate of drug-likeness (QED) is 0.761. The third kappa shape index (κ3) is 5.07. The van der Waals surface area contributed by atoms with Crippen LogP contribution in [0.4, 0.5) is 5.69 Å². The van der Waals surface area contributed by atoms with E-state index in [0.29, 0.717) is 23.8 Å². The summed E-state index contributed by atoms with van der Waals surface area (Å²) < 4.78 is 0. The van der Waals surface area contributed by atoms with Crippen LogP contribution in [0.1, 0.15) is 12.0 Å². The SMILES string of the molecule is O=C1Nc2cc(Cl)ccc2SC1CC(=O)N1CCN(Cc2ccc(Cl)cc2)CC1. The van der Waals surface area contributed by atoms with Crippen LogP contribution in [0.5, 0.6) is 0 Å². The Bertz CT molecular complexity index is 915. The van der Waals surface area contributed by atoms with Crippen LogP contribution in [0.3, 0.4) is 0 Å². The summed E-state index contributed by atoms with van der Waals surface area (Å²) in [5.41, 5.74) is 1.93. The van der Waals surface area contributed by atoms with Gasteiger partial charge in [-0.3, -0.25) is 14.5 Å². The Kier molecular flexibility index (Phi) is 6.35. The molecule has 2 aliphatic rings. The highest BCUT2D eigenvalue weighted by molar-refractivity contribution is 8.01. The molecule has 2 heterocycles. The number of nitrogens with zero attached hydrogens (tertiary/aromatic N) is 2. The van der Waals surface area contributed by atoms with Gasteiger partial charge in [-0.1, -0.05) is 35.3 Å². The molecule has 0 radical (unpaired) electrons. The summed E-state index contributed by atoms with van der Waals surface area (Å²) in [7, 11) is 0. The molecule has 2 aliphatic heterocycles. The first-order valence-corrected chi connectivity index (χ1v) is 11.1. The molecule has 29 heavy (non-hydrogen) atoms. The van der Waals surface area contributed by atoms with Gasteiger partial charge in [0.25, 0.3) is 0 Å². The molecule has 152 valence electrons. The van der Waals surface area contributed by atoms with Crippen molar-refractivity contribution in [2.45, 2.75) is 23.1 Å². The van der Waals surface area contributed by atoms with Gasteiger partial charge in [0.1, 0.15) is 0 Å². The Morgan fingerprint density at radius 1 is 1.03 bits per heavy atom. The van der Waals surface area contributed by atoms with Crippen LogP contribution < -0.4 is 5.32 Å². The zero-order valence-corrected chi connectivity index (χ0v) is 18.1. The topological polar surface area (TPSA) is 52.7 Å². The molecule has 1 unspecified atom stereocenters. The number of fused-ring (bicyclic) bond motifs is 1. The van der Waals surface area contributed by atoms with E-state index >= 15 is 0 Å². The van der Waals surface area contributed by atoms with Crippen LogP contribution >= 0.6 is 35.0 Å². The number of anilines is 1. The number of carbonyl (C=O) groups excluding carboxylic acids is 2. The highest BCUT2D eigenvalue weighted by atomic mass is 35.5. The molecule has 0 aromatic heterocycles. The minimum Gasteiger partial charge on any atom is -0.340 e. The fourth-order valence-electron chi connectivity index (χ4n) is 3.55. The van der Waals surface area contributed by atoms with Gasteiger partial charge in [0.15, 0.2) is 0 Å². The molecular formula is C21H21Cl2N3O2S. The third-order valence-electron chi connectivity index (χ3n) is 5.17. The molecule has 0 aliphatic carbocycles. The fourth-order valence-corrected chi connectivity index (χ4v) is 4.93. The molecular weight excluding hydrogens is 429 g/mol. The van der Waals surface area contributed by atoms with E-state index in [9.17, 15) is 9.59 Å². The zero-order valence-electron chi connectivity index (χ0n) is 15.7. The van der Waals surface area contributed by atoms with Crippen molar-refractivity contribution in [2.24, 2.45) is 0 Å². The van der Waals surface area contributed by atoms with E-state index in [4.69, 9.17) is 23.2 Å². The maximum absolute atomic E-state index is 12.8. The molecule has 8 heteroatoms. The van der Waals surface area contributed by atoms with Crippen molar-refractivity contribution in [3.05, 3.63) is 58.1 Å². The molecule has 2 aromatic carbocycles. The molecule has 2 aromatic rings. The van der Waals surface area contributed by atoms with Gasteiger partial charge >= 0.3 is 0 Å². The van der Waals surface area contributed by atoms with Gasteiger partial charge in [0.2, 0.25) is 11.8 Å². The lowest BCUT2D eigenvalue weighted by atomic mass is 10.2. The van der Waals surface area contributed by atoms with E-state index in [0.717, 1.165) is 29.6 Å². The van der Waals surface area contributed by atoms with Gasteiger partial charge in [0.05, 0.1) is 10.9 Å². The number of halogens is 2. The number of piperazine rings is 1. The Labute approximate surface area is 184 Å². The second-order valence-electron chi connectivity index (χ2n) is 7.22. The Hall–Kier alpha value is -1.73. The summed E-state index contributed by atoms with van der Waals surface area (Å²) in [6, 6.07) is 13.3. The second kappa shape index (κ2) is 8.96. The van der Waals surface area contributed by atoms with Gasteiger partial charge in [-0.15, -0.1) is 11.8 Å². The van der Waals surface area contributed by atoms with Crippen LogP contribution in [0.2, 0.25) is 10.0 Å². The van der Waals surface area contributed by atoms with Crippen molar-refractivity contribution < 1.29 is 9.59 Å². The van der Waals surface area contributed by atoms with Gasteiger partial charge in [-0.25, -0.2) is 0 Å². The van der Waals surface area contributed by atoms with Crippen LogP contribution in [-0.4, -0.2) is 53.0 Å². The van der Waals surface area contributed by atoms with Crippen LogP contribution in [0.15, 0.2) is 47.4 Å². The maximum atomic E-state index is 12.8. The lowest BCUT2D eigenvalue weighted by molar-refractivity contribution is -0.134. The molecule has 0 spiro atoms. The van der Waals surface area contributed by atoms with E-state index in [-0.39, 0.29) is 18.2 Å². The molecule has 1 N–H and O–H groups in total. The number of thioether (sulfide) groups is 1. The van der Waals surface area contributed by atoms with E-state index in [2.05, 4.69) is 10.2 Å². The minimum atomic E-state index is -0.414. The monoisotopic (exact) mass is 449 g/mol. The van der Waals surface area contributed by atoms with E-state index in [1.807, 2.05) is 35.2 Å². The number of carbonyl (C=O) groups is 2. The normalized spacial score (nSPS) is 19.6.